The molecular weight excluding hydrogens is 324 g/mol. The Balaban J connectivity index is 2.19. The van der Waals surface area contributed by atoms with E-state index >= 15 is 0 Å². The number of ether oxygens (including phenoxy) is 2. The maximum atomic E-state index is 11.3. The molecule has 1 aliphatic heterocycles. The lowest BCUT2D eigenvalue weighted by molar-refractivity contribution is -0.384. The molecule has 2 rings (SSSR count). The molecule has 10 nitrogen and oxygen atoms in total. The Bertz CT molecular complexity index is 593. The van der Waals surface area contributed by atoms with Crippen LogP contribution in [0.2, 0.25) is 0 Å². The van der Waals surface area contributed by atoms with Crippen LogP contribution >= 0.6 is 0 Å². The SMILES string of the molecule is CC(=O)N[C@H]1[C@H](Oc2ccc([N+](=O)[O-])cc2)O[C@H](CO)[C@H](O)[C@H]1O. The van der Waals surface area contributed by atoms with Gasteiger partial charge in [-0.3, -0.25) is 14.9 Å². The minimum Gasteiger partial charge on any atom is -0.463 e. The number of carbonyl (C=O) groups is 1. The fourth-order valence-corrected chi connectivity index (χ4v) is 2.35. The Morgan fingerprint density at radius 2 is 1.96 bits per heavy atom. The molecule has 1 saturated heterocycles. The highest BCUT2D eigenvalue weighted by atomic mass is 16.7. The van der Waals surface area contributed by atoms with Gasteiger partial charge in [0.15, 0.2) is 0 Å². The summed E-state index contributed by atoms with van der Waals surface area (Å²) in [6.07, 6.45) is -5.15. The van der Waals surface area contributed by atoms with E-state index in [1.54, 1.807) is 0 Å². The van der Waals surface area contributed by atoms with Gasteiger partial charge >= 0.3 is 0 Å². The second-order valence-electron chi connectivity index (χ2n) is 5.30. The summed E-state index contributed by atoms with van der Waals surface area (Å²) < 4.78 is 10.9. The maximum absolute atomic E-state index is 11.3. The first-order valence-electron chi connectivity index (χ1n) is 7.14. The monoisotopic (exact) mass is 342 g/mol. The standard InChI is InChI=1S/C14H18N2O8/c1-7(18)15-11-13(20)12(19)10(6-17)24-14(11)23-9-4-2-8(3-5-9)16(21)22/h2-5,10-14,17,19-20H,6H2,1H3,(H,15,18)/t10-,11-,12+,13+,14-/m1/s1. The topological polar surface area (TPSA) is 151 Å². The molecule has 0 aliphatic carbocycles. The Labute approximate surface area is 136 Å². The lowest BCUT2D eigenvalue weighted by Gasteiger charge is -2.42. The van der Waals surface area contributed by atoms with Crippen molar-refractivity contribution in [1.29, 1.82) is 0 Å². The van der Waals surface area contributed by atoms with Crippen LogP contribution in [0.5, 0.6) is 5.75 Å². The molecule has 5 atom stereocenters. The Morgan fingerprint density at radius 3 is 2.46 bits per heavy atom. The Morgan fingerprint density at radius 1 is 1.33 bits per heavy atom. The van der Waals surface area contributed by atoms with Gasteiger partial charge in [0.05, 0.1) is 11.5 Å². The van der Waals surface area contributed by atoms with E-state index in [0.29, 0.717) is 0 Å². The van der Waals surface area contributed by atoms with Gasteiger partial charge in [-0.05, 0) is 12.1 Å². The summed E-state index contributed by atoms with van der Waals surface area (Å²) in [6.45, 7) is 0.658. The summed E-state index contributed by atoms with van der Waals surface area (Å²) in [6, 6.07) is 4.02. The van der Waals surface area contributed by atoms with Crippen LogP contribution in [0.3, 0.4) is 0 Å². The van der Waals surface area contributed by atoms with Crippen molar-refractivity contribution in [2.75, 3.05) is 6.61 Å². The Hall–Kier alpha value is -2.27. The van der Waals surface area contributed by atoms with Gasteiger partial charge in [0.1, 0.15) is 30.1 Å². The first-order chi connectivity index (χ1) is 11.3. The number of aliphatic hydroxyl groups excluding tert-OH is 3. The summed E-state index contributed by atoms with van der Waals surface area (Å²) in [7, 11) is 0. The summed E-state index contributed by atoms with van der Waals surface area (Å²) in [4.78, 5) is 21.4. The maximum Gasteiger partial charge on any atom is 0.269 e. The lowest BCUT2D eigenvalue weighted by atomic mass is 9.97. The zero-order valence-corrected chi connectivity index (χ0v) is 12.7. The molecule has 0 bridgehead atoms. The van der Waals surface area contributed by atoms with Crippen molar-refractivity contribution >= 4 is 11.6 Å². The smallest absolute Gasteiger partial charge is 0.269 e. The molecule has 4 N–H and O–H groups in total. The first kappa shape index (κ1) is 18.1. The predicted octanol–water partition coefficient (Wildman–Crippen LogP) is -1.08. The average molecular weight is 342 g/mol. The van der Waals surface area contributed by atoms with E-state index in [1.165, 1.54) is 31.2 Å². The number of nitro benzene ring substituents is 1. The fourth-order valence-electron chi connectivity index (χ4n) is 2.35. The van der Waals surface area contributed by atoms with Crippen molar-refractivity contribution < 1.29 is 34.5 Å². The third-order valence-corrected chi connectivity index (χ3v) is 3.55. The summed E-state index contributed by atoms with van der Waals surface area (Å²) >= 11 is 0. The fraction of sp³-hybridized carbons (Fsp3) is 0.500. The number of carbonyl (C=O) groups excluding carboxylic acids is 1. The highest BCUT2D eigenvalue weighted by Crippen LogP contribution is 2.25. The molecule has 10 heteroatoms. The summed E-state index contributed by atoms with van der Waals surface area (Å²) in [5.74, 6) is -0.282. The quantitative estimate of drug-likeness (QED) is 0.389. The van der Waals surface area contributed by atoms with Gasteiger partial charge in [-0.25, -0.2) is 0 Å². The molecule has 1 aliphatic rings. The van der Waals surface area contributed by atoms with Gasteiger partial charge in [-0.15, -0.1) is 0 Å². The predicted molar refractivity (Wildman–Crippen MR) is 79.1 cm³/mol. The van der Waals surface area contributed by atoms with Gasteiger partial charge in [0.2, 0.25) is 12.2 Å². The number of amides is 1. The number of non-ortho nitro benzene ring substituents is 1. The van der Waals surface area contributed by atoms with Crippen molar-refractivity contribution in [1.82, 2.24) is 5.32 Å². The van der Waals surface area contributed by atoms with Gasteiger partial charge < -0.3 is 30.1 Å². The molecule has 1 aromatic rings. The van der Waals surface area contributed by atoms with Crippen LogP contribution in [0, 0.1) is 10.1 Å². The summed E-state index contributed by atoms with van der Waals surface area (Å²) in [5, 5.41) is 42.3. The van der Waals surface area contributed by atoms with E-state index in [9.17, 15) is 30.2 Å². The number of nitro groups is 1. The number of rotatable bonds is 5. The second kappa shape index (κ2) is 7.53. The highest BCUT2D eigenvalue weighted by Gasteiger charge is 2.46. The van der Waals surface area contributed by atoms with E-state index < -0.39 is 48.1 Å². The number of hydrogen-bond acceptors (Lipinski definition) is 8. The normalized spacial score (nSPS) is 29.8. The van der Waals surface area contributed by atoms with Crippen LogP contribution < -0.4 is 10.1 Å². The van der Waals surface area contributed by atoms with Crippen LogP contribution in [0.1, 0.15) is 6.92 Å². The first-order valence-corrected chi connectivity index (χ1v) is 7.14. The zero-order chi connectivity index (χ0) is 17.9. The number of nitrogens with zero attached hydrogens (tertiary/aromatic N) is 1. The molecule has 0 saturated carbocycles. The third kappa shape index (κ3) is 3.97. The molecule has 24 heavy (non-hydrogen) atoms. The summed E-state index contributed by atoms with van der Waals surface area (Å²) in [5.41, 5.74) is -0.131. The largest absolute Gasteiger partial charge is 0.463 e. The van der Waals surface area contributed by atoms with Gasteiger partial charge in [0.25, 0.3) is 5.69 Å². The number of aliphatic hydroxyl groups is 3. The van der Waals surface area contributed by atoms with Crippen molar-refractivity contribution in [2.24, 2.45) is 0 Å². The lowest BCUT2D eigenvalue weighted by Crippen LogP contribution is -2.65. The highest BCUT2D eigenvalue weighted by molar-refractivity contribution is 5.73. The van der Waals surface area contributed by atoms with E-state index in [0.717, 1.165) is 0 Å². The molecule has 0 radical (unpaired) electrons. The molecule has 1 heterocycles. The van der Waals surface area contributed by atoms with Crippen LogP contribution in [-0.4, -0.2) is 63.4 Å². The molecule has 1 fully saturated rings. The van der Waals surface area contributed by atoms with Gasteiger partial charge in [0, 0.05) is 19.1 Å². The number of nitrogens with one attached hydrogen (secondary N) is 1. The van der Waals surface area contributed by atoms with Crippen molar-refractivity contribution in [3.63, 3.8) is 0 Å². The molecule has 0 spiro atoms. The second-order valence-corrected chi connectivity index (χ2v) is 5.30. The molecule has 1 aromatic carbocycles. The van der Waals surface area contributed by atoms with Gasteiger partial charge in [-0.2, -0.15) is 0 Å². The molecule has 132 valence electrons. The third-order valence-electron chi connectivity index (χ3n) is 3.55. The molecule has 1 amide bonds. The molecule has 0 unspecified atom stereocenters. The van der Waals surface area contributed by atoms with E-state index in [1.807, 2.05) is 0 Å². The number of benzene rings is 1. The van der Waals surface area contributed by atoms with Gasteiger partial charge in [-0.1, -0.05) is 0 Å². The van der Waals surface area contributed by atoms with Crippen molar-refractivity contribution in [3.05, 3.63) is 34.4 Å². The minimum absolute atomic E-state index is 0.131. The van der Waals surface area contributed by atoms with Crippen LogP contribution in [-0.2, 0) is 9.53 Å². The van der Waals surface area contributed by atoms with Crippen molar-refractivity contribution in [3.8, 4) is 5.75 Å². The van der Waals surface area contributed by atoms with Crippen LogP contribution in [0.15, 0.2) is 24.3 Å². The average Bonchev–Trinajstić information content (AvgIpc) is 2.54. The minimum atomic E-state index is -1.43. The van der Waals surface area contributed by atoms with E-state index in [4.69, 9.17) is 9.47 Å². The van der Waals surface area contributed by atoms with Crippen molar-refractivity contribution in [2.45, 2.75) is 37.6 Å². The molecule has 0 aromatic heterocycles. The van der Waals surface area contributed by atoms with E-state index in [-0.39, 0.29) is 11.4 Å². The van der Waals surface area contributed by atoms with E-state index in [2.05, 4.69) is 5.32 Å². The molecular formula is C14H18N2O8. The number of hydrogen-bond donors (Lipinski definition) is 4. The Kier molecular flexibility index (Phi) is 5.67. The zero-order valence-electron chi connectivity index (χ0n) is 12.7. The van der Waals surface area contributed by atoms with Crippen LogP contribution in [0.25, 0.3) is 0 Å². The van der Waals surface area contributed by atoms with Crippen LogP contribution in [0.4, 0.5) is 5.69 Å².